The summed E-state index contributed by atoms with van der Waals surface area (Å²) in [7, 11) is 1.54. The number of para-hydroxylation sites is 4. The zero-order chi connectivity index (χ0) is 19.0. The molecular weight excluding hydrogens is 344 g/mol. The van der Waals surface area contributed by atoms with Gasteiger partial charge >= 0.3 is 0 Å². The van der Waals surface area contributed by atoms with Crippen LogP contribution in [0.1, 0.15) is 22.1 Å². The molecule has 3 aromatic rings. The average molecular weight is 362 g/mol. The number of hydrogen-bond donors (Lipinski definition) is 3. The number of nitrogens with zero attached hydrogens (tertiary/aromatic N) is 1. The lowest BCUT2D eigenvalue weighted by Gasteiger charge is -2.38. The Balaban J connectivity index is 1.94. The number of amides is 1. The molecule has 3 aromatic carbocycles. The van der Waals surface area contributed by atoms with Crippen molar-refractivity contribution in [2.75, 3.05) is 17.3 Å². The SMILES string of the molecule is COc1ccccc1N1C(=O)c2ccccc2N[C@@H]1c1cccc(O)c1O. The summed E-state index contributed by atoms with van der Waals surface area (Å²) in [5.74, 6) is -0.235. The number of aromatic hydroxyl groups is 2. The lowest BCUT2D eigenvalue weighted by Crippen LogP contribution is -2.43. The highest BCUT2D eigenvalue weighted by atomic mass is 16.5. The highest BCUT2D eigenvalue weighted by molar-refractivity contribution is 6.12. The summed E-state index contributed by atoms with van der Waals surface area (Å²) < 4.78 is 5.44. The summed E-state index contributed by atoms with van der Waals surface area (Å²) in [6.45, 7) is 0. The molecule has 1 aliphatic heterocycles. The van der Waals surface area contributed by atoms with E-state index < -0.39 is 6.17 Å². The summed E-state index contributed by atoms with van der Waals surface area (Å²) in [6, 6.07) is 19.0. The van der Waals surface area contributed by atoms with Crippen LogP contribution in [0.5, 0.6) is 17.2 Å². The van der Waals surface area contributed by atoms with E-state index in [0.29, 0.717) is 28.3 Å². The van der Waals surface area contributed by atoms with E-state index in [2.05, 4.69) is 5.32 Å². The van der Waals surface area contributed by atoms with Crippen LogP contribution in [0.4, 0.5) is 11.4 Å². The van der Waals surface area contributed by atoms with Gasteiger partial charge < -0.3 is 20.3 Å². The molecule has 4 rings (SSSR count). The third kappa shape index (κ3) is 2.71. The number of phenols is 2. The second kappa shape index (κ2) is 6.57. The molecule has 0 bridgehead atoms. The Kier molecular flexibility index (Phi) is 4.08. The van der Waals surface area contributed by atoms with Crippen LogP contribution < -0.4 is 15.0 Å². The smallest absolute Gasteiger partial charge is 0.262 e. The van der Waals surface area contributed by atoms with Crippen molar-refractivity contribution in [1.29, 1.82) is 0 Å². The van der Waals surface area contributed by atoms with Gasteiger partial charge in [0.15, 0.2) is 11.5 Å². The molecule has 1 heterocycles. The molecular formula is C21H18N2O4. The summed E-state index contributed by atoms with van der Waals surface area (Å²) in [6.07, 6.45) is -0.726. The number of nitrogens with one attached hydrogen (secondary N) is 1. The predicted molar refractivity (Wildman–Crippen MR) is 102 cm³/mol. The first-order chi connectivity index (χ1) is 13.1. The summed E-state index contributed by atoms with van der Waals surface area (Å²) in [4.78, 5) is 14.9. The van der Waals surface area contributed by atoms with E-state index in [1.54, 1.807) is 42.5 Å². The van der Waals surface area contributed by atoms with Crippen LogP contribution in [-0.4, -0.2) is 23.2 Å². The van der Waals surface area contributed by atoms with Gasteiger partial charge in [0.1, 0.15) is 11.9 Å². The molecule has 1 aliphatic rings. The van der Waals surface area contributed by atoms with Gasteiger partial charge in [0, 0.05) is 11.3 Å². The molecule has 27 heavy (non-hydrogen) atoms. The summed E-state index contributed by atoms with van der Waals surface area (Å²) in [5, 5.41) is 23.6. The molecule has 136 valence electrons. The topological polar surface area (TPSA) is 82.0 Å². The largest absolute Gasteiger partial charge is 0.504 e. The Morgan fingerprint density at radius 2 is 1.70 bits per heavy atom. The fourth-order valence-electron chi connectivity index (χ4n) is 3.32. The Hall–Kier alpha value is -3.67. The minimum atomic E-state index is -0.726. The van der Waals surface area contributed by atoms with Crippen LogP contribution in [-0.2, 0) is 0 Å². The molecule has 0 saturated carbocycles. The van der Waals surface area contributed by atoms with E-state index >= 15 is 0 Å². The number of hydrogen-bond acceptors (Lipinski definition) is 5. The van der Waals surface area contributed by atoms with Crippen LogP contribution >= 0.6 is 0 Å². The van der Waals surface area contributed by atoms with E-state index in [0.717, 1.165) is 0 Å². The van der Waals surface area contributed by atoms with Gasteiger partial charge in [-0.1, -0.05) is 36.4 Å². The third-order valence-corrected chi connectivity index (χ3v) is 4.61. The first-order valence-corrected chi connectivity index (χ1v) is 8.45. The van der Waals surface area contributed by atoms with Gasteiger partial charge in [-0.15, -0.1) is 0 Å². The van der Waals surface area contributed by atoms with Crippen LogP contribution in [0.25, 0.3) is 0 Å². The van der Waals surface area contributed by atoms with Crippen LogP contribution in [0.3, 0.4) is 0 Å². The number of carbonyl (C=O) groups excluding carboxylic acids is 1. The van der Waals surface area contributed by atoms with Crippen molar-refractivity contribution in [1.82, 2.24) is 0 Å². The Bertz CT molecular complexity index is 1020. The molecule has 6 heteroatoms. The van der Waals surface area contributed by atoms with Crippen LogP contribution in [0, 0.1) is 0 Å². The zero-order valence-corrected chi connectivity index (χ0v) is 14.6. The van der Waals surface area contributed by atoms with Crippen molar-refractivity contribution in [3.05, 3.63) is 77.9 Å². The van der Waals surface area contributed by atoms with Gasteiger partial charge in [-0.2, -0.15) is 0 Å². The van der Waals surface area contributed by atoms with Crippen molar-refractivity contribution >= 4 is 17.3 Å². The minimum absolute atomic E-state index is 0.235. The summed E-state index contributed by atoms with van der Waals surface area (Å²) in [5.41, 5.74) is 2.10. The predicted octanol–water partition coefficient (Wildman–Crippen LogP) is 3.88. The number of ether oxygens (including phenoxy) is 1. The van der Waals surface area contributed by atoms with Gasteiger partial charge in [-0.25, -0.2) is 0 Å². The van der Waals surface area contributed by atoms with E-state index in [1.165, 1.54) is 18.1 Å². The standard InChI is InChI=1S/C21H18N2O4/c1-27-18-12-5-4-10-16(18)23-20(14-8-6-11-17(24)19(14)25)22-15-9-3-2-7-13(15)21(23)26/h2-12,20,22,24-25H,1H3/t20-/m0/s1. The zero-order valence-electron chi connectivity index (χ0n) is 14.6. The maximum atomic E-state index is 13.4. The molecule has 6 nitrogen and oxygen atoms in total. The summed E-state index contributed by atoms with van der Waals surface area (Å²) >= 11 is 0. The highest BCUT2D eigenvalue weighted by Gasteiger charge is 2.36. The normalized spacial score (nSPS) is 15.8. The molecule has 0 fully saturated rings. The number of benzene rings is 3. The van der Waals surface area contributed by atoms with Gasteiger partial charge in [0.05, 0.1) is 18.4 Å². The molecule has 3 N–H and O–H groups in total. The molecule has 0 radical (unpaired) electrons. The van der Waals surface area contributed by atoms with Crippen molar-refractivity contribution < 1.29 is 19.7 Å². The van der Waals surface area contributed by atoms with E-state index in [1.807, 2.05) is 18.2 Å². The number of methoxy groups -OCH3 is 1. The van der Waals surface area contributed by atoms with Crippen molar-refractivity contribution in [3.8, 4) is 17.2 Å². The third-order valence-electron chi connectivity index (χ3n) is 4.61. The van der Waals surface area contributed by atoms with Gasteiger partial charge in [0.2, 0.25) is 0 Å². The fraction of sp³-hybridized carbons (Fsp3) is 0.0952. The molecule has 0 unspecified atom stereocenters. The number of fused-ring (bicyclic) bond motifs is 1. The van der Waals surface area contributed by atoms with E-state index in [4.69, 9.17) is 4.74 Å². The highest BCUT2D eigenvalue weighted by Crippen LogP contribution is 2.43. The maximum Gasteiger partial charge on any atom is 0.262 e. The van der Waals surface area contributed by atoms with Crippen molar-refractivity contribution in [2.45, 2.75) is 6.17 Å². The quantitative estimate of drug-likeness (QED) is 0.616. The Morgan fingerprint density at radius 1 is 0.963 bits per heavy atom. The van der Waals surface area contributed by atoms with Crippen molar-refractivity contribution in [2.24, 2.45) is 0 Å². The van der Waals surface area contributed by atoms with Gasteiger partial charge in [-0.3, -0.25) is 9.69 Å². The first-order valence-electron chi connectivity index (χ1n) is 8.45. The molecule has 0 aliphatic carbocycles. The van der Waals surface area contributed by atoms with Gasteiger partial charge in [0.25, 0.3) is 5.91 Å². The van der Waals surface area contributed by atoms with Crippen molar-refractivity contribution in [3.63, 3.8) is 0 Å². The second-order valence-electron chi connectivity index (χ2n) is 6.15. The minimum Gasteiger partial charge on any atom is -0.504 e. The molecule has 0 saturated heterocycles. The lowest BCUT2D eigenvalue weighted by molar-refractivity contribution is 0.0974. The second-order valence-corrected chi connectivity index (χ2v) is 6.15. The molecule has 1 amide bonds. The number of rotatable bonds is 3. The maximum absolute atomic E-state index is 13.4. The van der Waals surface area contributed by atoms with Crippen LogP contribution in [0.15, 0.2) is 66.7 Å². The molecule has 1 atom stereocenters. The number of carbonyl (C=O) groups is 1. The molecule has 0 spiro atoms. The van der Waals surface area contributed by atoms with E-state index in [9.17, 15) is 15.0 Å². The fourth-order valence-corrected chi connectivity index (χ4v) is 3.32. The monoisotopic (exact) mass is 362 g/mol. The van der Waals surface area contributed by atoms with E-state index in [-0.39, 0.29) is 17.4 Å². The van der Waals surface area contributed by atoms with Crippen LogP contribution in [0.2, 0.25) is 0 Å². The molecule has 0 aromatic heterocycles. The number of anilines is 2. The average Bonchev–Trinajstić information content (AvgIpc) is 2.70. The van der Waals surface area contributed by atoms with Gasteiger partial charge in [-0.05, 0) is 30.3 Å². The first kappa shape index (κ1) is 16.8. The number of phenolic OH excluding ortho intramolecular Hbond substituents is 2. The lowest BCUT2D eigenvalue weighted by atomic mass is 10.0. The Labute approximate surface area is 156 Å². The Morgan fingerprint density at radius 3 is 2.52 bits per heavy atom.